The van der Waals surface area contributed by atoms with Gasteiger partial charge in [-0.05, 0) is 12.1 Å². The average molecular weight is 217 g/mol. The van der Waals surface area contributed by atoms with E-state index in [4.69, 9.17) is 9.84 Å². The van der Waals surface area contributed by atoms with Crippen LogP contribution in [-0.2, 0) is 4.79 Å². The van der Waals surface area contributed by atoms with Crippen molar-refractivity contribution in [3.05, 3.63) is 36.4 Å². The van der Waals surface area contributed by atoms with E-state index >= 15 is 0 Å². The van der Waals surface area contributed by atoms with Gasteiger partial charge in [-0.25, -0.2) is 4.98 Å². The summed E-state index contributed by atoms with van der Waals surface area (Å²) in [5.41, 5.74) is 0.843. The van der Waals surface area contributed by atoms with Crippen LogP contribution in [0.3, 0.4) is 0 Å². The molecule has 1 heterocycles. The van der Waals surface area contributed by atoms with E-state index in [1.807, 2.05) is 30.3 Å². The maximum absolute atomic E-state index is 10.3. The largest absolute Gasteiger partial charge is 0.481 e. The first-order valence-electron chi connectivity index (χ1n) is 4.96. The van der Waals surface area contributed by atoms with Gasteiger partial charge in [-0.2, -0.15) is 0 Å². The van der Waals surface area contributed by atoms with Crippen molar-refractivity contribution in [2.75, 3.05) is 6.61 Å². The van der Waals surface area contributed by atoms with Crippen LogP contribution in [0.1, 0.15) is 6.42 Å². The molecule has 2 aromatic rings. The molecular weight excluding hydrogens is 206 g/mol. The summed E-state index contributed by atoms with van der Waals surface area (Å²) in [4.78, 5) is 14.6. The molecule has 1 aromatic heterocycles. The van der Waals surface area contributed by atoms with Crippen molar-refractivity contribution in [3.8, 4) is 5.88 Å². The van der Waals surface area contributed by atoms with Gasteiger partial charge in [-0.15, -0.1) is 0 Å². The molecule has 2 rings (SSSR count). The molecule has 0 saturated heterocycles. The second kappa shape index (κ2) is 4.61. The summed E-state index contributed by atoms with van der Waals surface area (Å²) in [6, 6.07) is 11.3. The minimum Gasteiger partial charge on any atom is -0.481 e. The molecule has 0 amide bonds. The van der Waals surface area contributed by atoms with Gasteiger partial charge in [0, 0.05) is 11.5 Å². The fraction of sp³-hybridized carbons (Fsp3) is 0.167. The van der Waals surface area contributed by atoms with Gasteiger partial charge >= 0.3 is 5.97 Å². The highest BCUT2D eigenvalue weighted by molar-refractivity contribution is 5.78. The number of fused-ring (bicyclic) bond motifs is 1. The van der Waals surface area contributed by atoms with Crippen molar-refractivity contribution in [2.45, 2.75) is 6.42 Å². The Morgan fingerprint density at radius 2 is 2.06 bits per heavy atom. The Kier molecular flexibility index (Phi) is 3.00. The number of hydrogen-bond acceptors (Lipinski definition) is 3. The van der Waals surface area contributed by atoms with E-state index in [0.717, 1.165) is 10.9 Å². The molecular formula is C12H11NO3. The van der Waals surface area contributed by atoms with Crippen LogP contribution in [0.4, 0.5) is 0 Å². The molecule has 0 aliphatic carbocycles. The lowest BCUT2D eigenvalue weighted by molar-refractivity contribution is -0.137. The Labute approximate surface area is 92.5 Å². The number of ether oxygens (including phenoxy) is 1. The van der Waals surface area contributed by atoms with Gasteiger partial charge in [0.2, 0.25) is 5.88 Å². The van der Waals surface area contributed by atoms with Crippen molar-refractivity contribution >= 4 is 16.9 Å². The van der Waals surface area contributed by atoms with Crippen molar-refractivity contribution in [1.29, 1.82) is 0 Å². The lowest BCUT2D eigenvalue weighted by atomic mass is 10.2. The van der Waals surface area contributed by atoms with Gasteiger partial charge in [0.05, 0.1) is 11.9 Å². The van der Waals surface area contributed by atoms with Crippen molar-refractivity contribution < 1.29 is 14.6 Å². The van der Waals surface area contributed by atoms with Crippen LogP contribution < -0.4 is 4.74 Å². The molecule has 4 nitrogen and oxygen atoms in total. The molecule has 1 aromatic carbocycles. The van der Waals surface area contributed by atoms with Crippen LogP contribution in [0.25, 0.3) is 10.9 Å². The number of rotatable bonds is 4. The number of hydrogen-bond donors (Lipinski definition) is 1. The summed E-state index contributed by atoms with van der Waals surface area (Å²) >= 11 is 0. The first-order valence-corrected chi connectivity index (χ1v) is 4.96. The maximum atomic E-state index is 10.3. The molecule has 0 bridgehead atoms. The maximum Gasteiger partial charge on any atom is 0.306 e. The normalized spacial score (nSPS) is 10.2. The monoisotopic (exact) mass is 217 g/mol. The average Bonchev–Trinajstić information content (AvgIpc) is 2.28. The zero-order valence-corrected chi connectivity index (χ0v) is 8.59. The number of para-hydroxylation sites is 1. The van der Waals surface area contributed by atoms with E-state index in [1.165, 1.54) is 0 Å². The van der Waals surface area contributed by atoms with Crippen molar-refractivity contribution in [2.24, 2.45) is 0 Å². The summed E-state index contributed by atoms with van der Waals surface area (Å²) in [6.07, 6.45) is -0.0193. The summed E-state index contributed by atoms with van der Waals surface area (Å²) in [7, 11) is 0. The smallest absolute Gasteiger partial charge is 0.306 e. The summed E-state index contributed by atoms with van der Waals surface area (Å²) in [5, 5.41) is 9.50. The molecule has 16 heavy (non-hydrogen) atoms. The van der Waals surface area contributed by atoms with Crippen LogP contribution in [-0.4, -0.2) is 22.7 Å². The van der Waals surface area contributed by atoms with Gasteiger partial charge in [-0.3, -0.25) is 4.79 Å². The molecule has 0 spiro atoms. The van der Waals surface area contributed by atoms with E-state index in [0.29, 0.717) is 5.88 Å². The molecule has 82 valence electrons. The Balaban J connectivity index is 2.10. The number of aliphatic carboxylic acids is 1. The van der Waals surface area contributed by atoms with Crippen LogP contribution >= 0.6 is 0 Å². The standard InChI is InChI=1S/C12H11NO3/c14-12(15)7-8-16-11-6-5-9-3-1-2-4-10(9)13-11/h1-6H,7-8H2,(H,14,15). The molecule has 0 fully saturated rings. The summed E-state index contributed by atoms with van der Waals surface area (Å²) < 4.78 is 5.23. The molecule has 0 aliphatic rings. The predicted octanol–water partition coefficient (Wildman–Crippen LogP) is 2.09. The molecule has 0 radical (unpaired) electrons. The first kappa shape index (κ1) is 10.4. The number of benzene rings is 1. The fourth-order valence-electron chi connectivity index (χ4n) is 1.37. The number of aromatic nitrogens is 1. The lowest BCUT2D eigenvalue weighted by Crippen LogP contribution is -2.05. The van der Waals surface area contributed by atoms with Gasteiger partial charge in [0.15, 0.2) is 0 Å². The third-order valence-corrected chi connectivity index (χ3v) is 2.14. The topological polar surface area (TPSA) is 59.4 Å². The van der Waals surface area contributed by atoms with Crippen molar-refractivity contribution in [3.63, 3.8) is 0 Å². The van der Waals surface area contributed by atoms with E-state index in [-0.39, 0.29) is 13.0 Å². The molecule has 1 N–H and O–H groups in total. The molecule has 0 unspecified atom stereocenters. The highest BCUT2D eigenvalue weighted by Crippen LogP contribution is 2.15. The number of carboxylic acids is 1. The van der Waals surface area contributed by atoms with Crippen LogP contribution in [0.5, 0.6) is 5.88 Å². The second-order valence-corrected chi connectivity index (χ2v) is 3.33. The number of carboxylic acid groups (broad SMARTS) is 1. The minimum atomic E-state index is -0.874. The van der Waals surface area contributed by atoms with Gasteiger partial charge in [0.1, 0.15) is 6.61 Å². The van der Waals surface area contributed by atoms with E-state index in [1.54, 1.807) is 6.07 Å². The van der Waals surface area contributed by atoms with Crippen LogP contribution in [0.2, 0.25) is 0 Å². The summed E-state index contributed by atoms with van der Waals surface area (Å²) in [5.74, 6) is -0.416. The Bertz CT molecular complexity index is 510. The van der Waals surface area contributed by atoms with Gasteiger partial charge in [-0.1, -0.05) is 18.2 Å². The predicted molar refractivity (Wildman–Crippen MR) is 59.5 cm³/mol. The SMILES string of the molecule is O=C(O)CCOc1ccc2ccccc2n1. The second-order valence-electron chi connectivity index (χ2n) is 3.33. The Morgan fingerprint density at radius 3 is 2.88 bits per heavy atom. The molecule has 0 aliphatic heterocycles. The summed E-state index contributed by atoms with van der Waals surface area (Å²) in [6.45, 7) is 0.140. The molecule has 0 atom stereocenters. The Morgan fingerprint density at radius 1 is 1.25 bits per heavy atom. The van der Waals surface area contributed by atoms with E-state index < -0.39 is 5.97 Å². The highest BCUT2D eigenvalue weighted by atomic mass is 16.5. The zero-order chi connectivity index (χ0) is 11.4. The van der Waals surface area contributed by atoms with Crippen LogP contribution in [0.15, 0.2) is 36.4 Å². The number of nitrogens with zero attached hydrogens (tertiary/aromatic N) is 1. The fourth-order valence-corrected chi connectivity index (χ4v) is 1.37. The first-order chi connectivity index (χ1) is 7.75. The van der Waals surface area contributed by atoms with Gasteiger partial charge < -0.3 is 9.84 Å². The van der Waals surface area contributed by atoms with Crippen molar-refractivity contribution in [1.82, 2.24) is 4.98 Å². The third kappa shape index (κ3) is 2.48. The number of pyridine rings is 1. The molecule has 4 heteroatoms. The lowest BCUT2D eigenvalue weighted by Gasteiger charge is -2.04. The number of carbonyl (C=O) groups is 1. The van der Waals surface area contributed by atoms with Crippen LogP contribution in [0, 0.1) is 0 Å². The third-order valence-electron chi connectivity index (χ3n) is 2.14. The molecule has 0 saturated carbocycles. The Hall–Kier alpha value is -2.10. The minimum absolute atomic E-state index is 0.0193. The van der Waals surface area contributed by atoms with E-state index in [9.17, 15) is 4.79 Å². The van der Waals surface area contributed by atoms with Gasteiger partial charge in [0.25, 0.3) is 0 Å². The van der Waals surface area contributed by atoms with E-state index in [2.05, 4.69) is 4.98 Å². The quantitative estimate of drug-likeness (QED) is 0.851. The highest BCUT2D eigenvalue weighted by Gasteiger charge is 2.00. The zero-order valence-electron chi connectivity index (χ0n) is 8.59.